The Morgan fingerprint density at radius 2 is 2.17 bits per heavy atom. The van der Waals surface area contributed by atoms with E-state index < -0.39 is 0 Å². The zero-order valence-electron chi connectivity index (χ0n) is 12.7. The Morgan fingerprint density at radius 3 is 2.87 bits per heavy atom. The molecule has 0 saturated carbocycles. The molecule has 23 heavy (non-hydrogen) atoms. The van der Waals surface area contributed by atoms with E-state index in [0.29, 0.717) is 0 Å². The maximum atomic E-state index is 12.0. The second-order valence-electron chi connectivity index (χ2n) is 4.80. The Balaban J connectivity index is 1.70. The Kier molecular flexibility index (Phi) is 5.35. The number of aliphatic imine (C=N–C) groups is 1. The van der Waals surface area contributed by atoms with Crippen LogP contribution >= 0.6 is 23.5 Å². The largest absolute Gasteiger partial charge is 0.305 e. The maximum absolute atomic E-state index is 12.0. The van der Waals surface area contributed by atoms with Crippen LogP contribution in [0.25, 0.3) is 5.69 Å². The molecule has 0 saturated heterocycles. The summed E-state index contributed by atoms with van der Waals surface area (Å²) in [6.45, 7) is 2.82. The highest BCUT2D eigenvalue weighted by atomic mass is 32.2. The molecule has 0 atom stereocenters. The van der Waals surface area contributed by atoms with Crippen molar-refractivity contribution < 1.29 is 4.79 Å². The van der Waals surface area contributed by atoms with Crippen LogP contribution in [0.5, 0.6) is 0 Å². The van der Waals surface area contributed by atoms with Crippen molar-refractivity contribution in [3.63, 3.8) is 0 Å². The Bertz CT molecular complexity index is 714. The van der Waals surface area contributed by atoms with E-state index in [1.807, 2.05) is 41.8 Å². The molecular formula is C15H17N5OS2. The summed E-state index contributed by atoms with van der Waals surface area (Å²) in [6, 6.07) is 9.95. The standard InChI is InChI=1S/C15H17N5OS2/c1-2-12-18-19-15(20(12)11-6-4-3-5-7-11)23-10-13(21)17-14-16-8-9-22-14/h3-7H,2,8-10H2,1H3,(H,16,17,21). The lowest BCUT2D eigenvalue weighted by atomic mass is 10.3. The average molecular weight is 347 g/mol. The summed E-state index contributed by atoms with van der Waals surface area (Å²) >= 11 is 2.96. The van der Waals surface area contributed by atoms with Gasteiger partial charge in [-0.2, -0.15) is 0 Å². The molecule has 0 radical (unpaired) electrons. The number of aryl methyl sites for hydroxylation is 1. The molecule has 1 amide bonds. The van der Waals surface area contributed by atoms with Crippen LogP contribution in [0.4, 0.5) is 0 Å². The minimum atomic E-state index is -0.0659. The van der Waals surface area contributed by atoms with Crippen molar-refractivity contribution >= 4 is 34.6 Å². The summed E-state index contributed by atoms with van der Waals surface area (Å²) in [7, 11) is 0. The topological polar surface area (TPSA) is 72.2 Å². The number of carbonyl (C=O) groups excluding carboxylic acids is 1. The minimum absolute atomic E-state index is 0.0659. The molecule has 1 aliphatic rings. The summed E-state index contributed by atoms with van der Waals surface area (Å²) in [4.78, 5) is 16.2. The number of nitrogens with zero attached hydrogens (tertiary/aromatic N) is 4. The van der Waals surface area contributed by atoms with Gasteiger partial charge in [-0.15, -0.1) is 10.2 Å². The quantitative estimate of drug-likeness (QED) is 0.839. The fraction of sp³-hybridized carbons (Fsp3) is 0.333. The van der Waals surface area contributed by atoms with Gasteiger partial charge in [-0.3, -0.25) is 14.4 Å². The molecule has 1 aliphatic heterocycles. The van der Waals surface area contributed by atoms with E-state index in [1.165, 1.54) is 11.8 Å². The van der Waals surface area contributed by atoms with Crippen LogP contribution in [-0.4, -0.2) is 43.9 Å². The second kappa shape index (κ2) is 7.65. The Labute approximate surface area is 143 Å². The van der Waals surface area contributed by atoms with Crippen LogP contribution in [0.15, 0.2) is 40.5 Å². The fourth-order valence-corrected chi connectivity index (χ4v) is 3.67. The molecule has 1 N–H and O–H groups in total. The maximum Gasteiger partial charge on any atom is 0.236 e. The van der Waals surface area contributed by atoms with E-state index in [9.17, 15) is 4.79 Å². The fourth-order valence-electron chi connectivity index (χ4n) is 2.16. The van der Waals surface area contributed by atoms with Crippen molar-refractivity contribution in [2.24, 2.45) is 4.99 Å². The molecule has 0 aliphatic carbocycles. The Hall–Kier alpha value is -1.80. The normalized spacial score (nSPS) is 13.9. The zero-order chi connectivity index (χ0) is 16.1. The summed E-state index contributed by atoms with van der Waals surface area (Å²) in [6.07, 6.45) is 0.780. The van der Waals surface area contributed by atoms with Crippen LogP contribution < -0.4 is 5.32 Å². The van der Waals surface area contributed by atoms with E-state index in [-0.39, 0.29) is 11.7 Å². The van der Waals surface area contributed by atoms with Gasteiger partial charge in [0.15, 0.2) is 10.3 Å². The number of thioether (sulfide) groups is 2. The number of nitrogens with one attached hydrogen (secondary N) is 1. The van der Waals surface area contributed by atoms with E-state index in [0.717, 1.165) is 40.6 Å². The first-order chi connectivity index (χ1) is 11.3. The molecule has 1 aromatic heterocycles. The van der Waals surface area contributed by atoms with Gasteiger partial charge in [0, 0.05) is 17.9 Å². The molecule has 0 bridgehead atoms. The average Bonchev–Trinajstić information content (AvgIpc) is 3.22. The van der Waals surface area contributed by atoms with Gasteiger partial charge < -0.3 is 5.32 Å². The van der Waals surface area contributed by atoms with Gasteiger partial charge in [-0.05, 0) is 12.1 Å². The number of rotatable bonds is 5. The number of carbonyl (C=O) groups is 1. The second-order valence-corrected chi connectivity index (χ2v) is 6.82. The third-order valence-corrected chi connectivity index (χ3v) is 5.02. The lowest BCUT2D eigenvalue weighted by Crippen LogP contribution is -2.29. The number of hydrogen-bond donors (Lipinski definition) is 1. The predicted molar refractivity (Wildman–Crippen MR) is 94.4 cm³/mol. The van der Waals surface area contributed by atoms with Crippen LogP contribution in [-0.2, 0) is 11.2 Å². The summed E-state index contributed by atoms with van der Waals surface area (Å²) in [5.41, 5.74) is 1.01. The van der Waals surface area contributed by atoms with Crippen LogP contribution in [0.2, 0.25) is 0 Å². The van der Waals surface area contributed by atoms with Crippen molar-refractivity contribution in [2.45, 2.75) is 18.5 Å². The highest BCUT2D eigenvalue weighted by molar-refractivity contribution is 8.14. The number of aromatic nitrogens is 3. The van der Waals surface area contributed by atoms with Gasteiger partial charge in [-0.1, -0.05) is 48.6 Å². The number of benzene rings is 1. The highest BCUT2D eigenvalue weighted by Gasteiger charge is 2.16. The Morgan fingerprint density at radius 1 is 1.35 bits per heavy atom. The van der Waals surface area contributed by atoms with Crippen molar-refractivity contribution in [3.8, 4) is 5.69 Å². The monoisotopic (exact) mass is 347 g/mol. The van der Waals surface area contributed by atoms with Crippen molar-refractivity contribution in [3.05, 3.63) is 36.2 Å². The van der Waals surface area contributed by atoms with E-state index in [1.54, 1.807) is 11.8 Å². The van der Waals surface area contributed by atoms with Gasteiger partial charge in [0.2, 0.25) is 5.91 Å². The molecule has 120 valence electrons. The van der Waals surface area contributed by atoms with Crippen molar-refractivity contribution in [2.75, 3.05) is 18.1 Å². The lowest BCUT2D eigenvalue weighted by Gasteiger charge is -2.09. The first-order valence-electron chi connectivity index (χ1n) is 7.37. The smallest absolute Gasteiger partial charge is 0.236 e. The number of amides is 1. The minimum Gasteiger partial charge on any atom is -0.305 e. The molecule has 6 nitrogen and oxygen atoms in total. The molecule has 0 spiro atoms. The molecule has 1 aromatic carbocycles. The number of hydrogen-bond acceptors (Lipinski definition) is 6. The van der Waals surface area contributed by atoms with Crippen LogP contribution in [0, 0.1) is 0 Å². The van der Waals surface area contributed by atoms with Crippen LogP contribution in [0.1, 0.15) is 12.7 Å². The zero-order valence-corrected chi connectivity index (χ0v) is 14.4. The molecule has 0 unspecified atom stereocenters. The third-order valence-electron chi connectivity index (χ3n) is 3.20. The molecular weight excluding hydrogens is 330 g/mol. The summed E-state index contributed by atoms with van der Waals surface area (Å²) in [5, 5.41) is 12.7. The third kappa shape index (κ3) is 3.94. The van der Waals surface area contributed by atoms with Crippen LogP contribution in [0.3, 0.4) is 0 Å². The summed E-state index contributed by atoms with van der Waals surface area (Å²) < 4.78 is 2.00. The van der Waals surface area contributed by atoms with Gasteiger partial charge >= 0.3 is 0 Å². The first-order valence-corrected chi connectivity index (χ1v) is 9.34. The molecule has 3 rings (SSSR count). The molecule has 0 fully saturated rings. The van der Waals surface area contributed by atoms with Gasteiger partial charge in [-0.25, -0.2) is 0 Å². The number of para-hydroxylation sites is 1. The van der Waals surface area contributed by atoms with Gasteiger partial charge in [0.1, 0.15) is 5.82 Å². The lowest BCUT2D eigenvalue weighted by molar-refractivity contribution is -0.117. The van der Waals surface area contributed by atoms with E-state index >= 15 is 0 Å². The molecule has 8 heteroatoms. The molecule has 2 heterocycles. The van der Waals surface area contributed by atoms with E-state index in [4.69, 9.17) is 0 Å². The molecule has 2 aromatic rings. The SMILES string of the molecule is CCc1nnc(SCC(=O)NC2=NCCS2)n1-c1ccccc1. The van der Waals surface area contributed by atoms with Gasteiger partial charge in [0.25, 0.3) is 0 Å². The predicted octanol–water partition coefficient (Wildman–Crippen LogP) is 2.14. The van der Waals surface area contributed by atoms with E-state index in [2.05, 4.69) is 20.5 Å². The first kappa shape index (κ1) is 16.1. The number of amidine groups is 1. The highest BCUT2D eigenvalue weighted by Crippen LogP contribution is 2.22. The van der Waals surface area contributed by atoms with Crippen molar-refractivity contribution in [1.29, 1.82) is 0 Å². The van der Waals surface area contributed by atoms with Gasteiger partial charge in [0.05, 0.1) is 12.3 Å². The van der Waals surface area contributed by atoms with Crippen molar-refractivity contribution in [1.82, 2.24) is 20.1 Å². The summed E-state index contributed by atoms with van der Waals surface area (Å²) in [5.74, 6) is 2.04.